The van der Waals surface area contributed by atoms with E-state index >= 15 is 0 Å². The third-order valence-corrected chi connectivity index (χ3v) is 8.46. The molecule has 6 aromatic rings. The van der Waals surface area contributed by atoms with Crippen LogP contribution in [0, 0.1) is 0 Å². The van der Waals surface area contributed by atoms with Crippen LogP contribution in [0.25, 0.3) is 5.52 Å². The van der Waals surface area contributed by atoms with Crippen LogP contribution >= 0.6 is 0 Å². The molecule has 0 unspecified atom stereocenters. The molecule has 9 nitrogen and oxygen atoms in total. The van der Waals surface area contributed by atoms with Gasteiger partial charge in [-0.25, -0.2) is 9.50 Å². The molecule has 0 spiro atoms. The summed E-state index contributed by atoms with van der Waals surface area (Å²) in [6, 6.07) is 44.0. The van der Waals surface area contributed by atoms with Gasteiger partial charge >= 0.3 is 0 Å². The molecule has 4 aromatic carbocycles. The zero-order valence-corrected chi connectivity index (χ0v) is 26.5. The molecule has 9 heteroatoms. The van der Waals surface area contributed by atoms with E-state index in [9.17, 15) is 0 Å². The number of aromatic nitrogens is 3. The Labute approximate surface area is 279 Å². The summed E-state index contributed by atoms with van der Waals surface area (Å²) in [6.07, 6.45) is -0.566. The Morgan fingerprint density at radius 2 is 1.19 bits per heavy atom. The van der Waals surface area contributed by atoms with Gasteiger partial charge in [-0.15, -0.1) is 0 Å². The first kappa shape index (κ1) is 31.7. The quantitative estimate of drug-likeness (QED) is 0.140. The van der Waals surface area contributed by atoms with E-state index < -0.39 is 24.1 Å². The molecule has 4 atom stereocenters. The topological polar surface area (TPSA) is 102 Å². The number of hydrogen-bond acceptors (Lipinski definition) is 8. The Balaban J connectivity index is 1.29. The van der Waals surface area contributed by atoms with Crippen molar-refractivity contribution in [2.24, 2.45) is 0 Å². The monoisotopic (exact) mass is 642 g/mol. The molecule has 1 aliphatic rings. The lowest BCUT2D eigenvalue weighted by atomic mass is 10.0. The normalized spacial score (nSPS) is 20.7. The van der Waals surface area contributed by atoms with Crippen molar-refractivity contribution in [1.82, 2.24) is 14.6 Å². The van der Waals surface area contributed by atoms with Crippen LogP contribution in [0.15, 0.2) is 140 Å². The maximum atomic E-state index is 7.08. The summed E-state index contributed by atoms with van der Waals surface area (Å²) >= 11 is 0. The van der Waals surface area contributed by atoms with Crippen LogP contribution in [0.3, 0.4) is 0 Å². The summed E-state index contributed by atoms with van der Waals surface area (Å²) in [5, 5.41) is 4.54. The first-order valence-corrected chi connectivity index (χ1v) is 16.0. The Morgan fingerprint density at radius 3 is 1.79 bits per heavy atom. The predicted molar refractivity (Wildman–Crippen MR) is 181 cm³/mol. The molecule has 0 amide bonds. The van der Waals surface area contributed by atoms with E-state index in [0.29, 0.717) is 31.2 Å². The minimum absolute atomic E-state index is 0.0797. The number of nitrogens with two attached hydrogens (primary N) is 1. The summed E-state index contributed by atoms with van der Waals surface area (Å²) in [7, 11) is 0. The van der Waals surface area contributed by atoms with Crippen molar-refractivity contribution in [2.75, 3.05) is 12.3 Å². The third-order valence-electron chi connectivity index (χ3n) is 8.46. The second-order valence-corrected chi connectivity index (χ2v) is 11.8. The van der Waals surface area contributed by atoms with Crippen molar-refractivity contribution < 1.29 is 23.7 Å². The molecule has 1 saturated heterocycles. The first-order chi connectivity index (χ1) is 23.7. The molecule has 2 aromatic heterocycles. The van der Waals surface area contributed by atoms with E-state index in [1.165, 1.54) is 6.33 Å². The molecular formula is C39H38N4O5. The van der Waals surface area contributed by atoms with Gasteiger partial charge in [0.15, 0.2) is 5.82 Å². The Morgan fingerprint density at radius 1 is 0.646 bits per heavy atom. The number of anilines is 1. The van der Waals surface area contributed by atoms with Crippen LogP contribution in [-0.2, 0) is 50.1 Å². The zero-order valence-electron chi connectivity index (χ0n) is 26.5. The average molecular weight is 643 g/mol. The highest BCUT2D eigenvalue weighted by Crippen LogP contribution is 2.46. The lowest BCUT2D eigenvalue weighted by Crippen LogP contribution is -2.51. The van der Waals surface area contributed by atoms with Gasteiger partial charge in [-0.2, -0.15) is 5.10 Å². The van der Waals surface area contributed by atoms with Crippen LogP contribution in [0.5, 0.6) is 0 Å². The van der Waals surface area contributed by atoms with Crippen LogP contribution in [-0.4, -0.2) is 39.2 Å². The van der Waals surface area contributed by atoms with Gasteiger partial charge in [0, 0.05) is 0 Å². The molecule has 0 saturated carbocycles. The highest BCUT2D eigenvalue weighted by atomic mass is 16.8. The van der Waals surface area contributed by atoms with Crippen LogP contribution in [0.4, 0.5) is 5.82 Å². The molecule has 1 fully saturated rings. The Bertz CT molecular complexity index is 1870. The van der Waals surface area contributed by atoms with Gasteiger partial charge in [-0.1, -0.05) is 121 Å². The predicted octanol–water partition coefficient (Wildman–Crippen LogP) is 6.68. The van der Waals surface area contributed by atoms with Crippen molar-refractivity contribution in [3.05, 3.63) is 168 Å². The van der Waals surface area contributed by atoms with E-state index in [2.05, 4.69) is 10.1 Å². The Kier molecular flexibility index (Phi) is 9.83. The fourth-order valence-electron chi connectivity index (χ4n) is 6.04. The number of fused-ring (bicyclic) bond motifs is 1. The fourth-order valence-corrected chi connectivity index (χ4v) is 6.04. The van der Waals surface area contributed by atoms with Crippen molar-refractivity contribution in [3.63, 3.8) is 0 Å². The van der Waals surface area contributed by atoms with Gasteiger partial charge in [-0.05, 0) is 34.4 Å². The van der Waals surface area contributed by atoms with Crippen molar-refractivity contribution in [3.8, 4) is 0 Å². The molecule has 0 radical (unpaired) electrons. The first-order valence-electron chi connectivity index (χ1n) is 16.0. The average Bonchev–Trinajstić information content (AvgIpc) is 3.70. The van der Waals surface area contributed by atoms with Gasteiger partial charge in [0.05, 0.1) is 32.1 Å². The smallest absolute Gasteiger partial charge is 0.222 e. The Hall–Kier alpha value is -4.90. The summed E-state index contributed by atoms with van der Waals surface area (Å²) in [4.78, 5) is 4.19. The summed E-state index contributed by atoms with van der Waals surface area (Å²) in [6.45, 7) is 1.35. The van der Waals surface area contributed by atoms with Crippen molar-refractivity contribution in [2.45, 2.75) is 50.5 Å². The van der Waals surface area contributed by atoms with Gasteiger partial charge in [0.1, 0.15) is 36.8 Å². The van der Waals surface area contributed by atoms with Crippen LogP contribution in [0.1, 0.15) is 34.1 Å². The minimum atomic E-state index is -1.37. The summed E-state index contributed by atoms with van der Waals surface area (Å²) in [5.74, 6) is -1.00. The number of rotatable bonds is 14. The standard InChI is InChI=1S/C39H38N4O5/c40-38-34-22-21-33(43(34)42-28-41-38)35-36(45-24-30-15-7-2-8-16-30)37(46-25-31-17-9-3-10-18-31)39(48-35,47-26-32-19-11-4-12-20-32)27-44-23-29-13-5-1-6-14-29/h1-22,28,35-37H,23-27H2,(H2,40,41,42)/t35-,36-,37-,39+/m0/s1. The molecule has 244 valence electrons. The van der Waals surface area contributed by atoms with E-state index in [-0.39, 0.29) is 13.2 Å². The molecule has 0 aliphatic carbocycles. The van der Waals surface area contributed by atoms with Crippen LogP contribution < -0.4 is 5.73 Å². The molecular weight excluding hydrogens is 604 g/mol. The van der Waals surface area contributed by atoms with E-state index in [1.807, 2.05) is 133 Å². The zero-order chi connectivity index (χ0) is 32.6. The summed E-state index contributed by atoms with van der Waals surface area (Å²) < 4.78 is 35.7. The molecule has 48 heavy (non-hydrogen) atoms. The fraction of sp³-hybridized carbons (Fsp3) is 0.231. The number of ether oxygens (including phenoxy) is 5. The summed E-state index contributed by atoms with van der Waals surface area (Å²) in [5.41, 5.74) is 11.7. The third kappa shape index (κ3) is 7.16. The number of nitrogens with zero attached hydrogens (tertiary/aromatic N) is 3. The van der Waals surface area contributed by atoms with E-state index in [0.717, 1.165) is 27.9 Å². The molecule has 3 heterocycles. The largest absolute Gasteiger partial charge is 0.382 e. The highest BCUT2D eigenvalue weighted by molar-refractivity contribution is 5.65. The number of nitrogen functional groups attached to an aromatic ring is 1. The lowest BCUT2D eigenvalue weighted by molar-refractivity contribution is -0.296. The van der Waals surface area contributed by atoms with Crippen LogP contribution in [0.2, 0.25) is 0 Å². The van der Waals surface area contributed by atoms with Gasteiger partial charge in [-0.3, -0.25) is 0 Å². The highest BCUT2D eigenvalue weighted by Gasteiger charge is 2.59. The molecule has 2 N–H and O–H groups in total. The van der Waals surface area contributed by atoms with E-state index in [1.54, 1.807) is 4.52 Å². The van der Waals surface area contributed by atoms with Gasteiger partial charge < -0.3 is 29.4 Å². The van der Waals surface area contributed by atoms with Gasteiger partial charge in [0.25, 0.3) is 0 Å². The van der Waals surface area contributed by atoms with Gasteiger partial charge in [0.2, 0.25) is 5.79 Å². The number of benzene rings is 4. The lowest BCUT2D eigenvalue weighted by Gasteiger charge is -2.35. The van der Waals surface area contributed by atoms with Crippen molar-refractivity contribution in [1.29, 1.82) is 0 Å². The van der Waals surface area contributed by atoms with E-state index in [4.69, 9.17) is 29.4 Å². The minimum Gasteiger partial charge on any atom is -0.382 e. The maximum absolute atomic E-state index is 7.08. The second-order valence-electron chi connectivity index (χ2n) is 11.8. The number of hydrogen-bond donors (Lipinski definition) is 1. The van der Waals surface area contributed by atoms with Crippen molar-refractivity contribution >= 4 is 11.3 Å². The molecule has 0 bridgehead atoms. The SMILES string of the molecule is Nc1ncnn2c([C@@H]3O[C@@](COCc4ccccc4)(OCc4ccccc4)[C@@H](OCc4ccccc4)[C@H]3OCc3ccccc3)ccc12. The second kappa shape index (κ2) is 14.9. The molecule has 1 aliphatic heterocycles. The maximum Gasteiger partial charge on any atom is 0.222 e. The molecule has 7 rings (SSSR count).